The van der Waals surface area contributed by atoms with E-state index in [0.717, 1.165) is 19.3 Å². The van der Waals surface area contributed by atoms with Gasteiger partial charge in [0.25, 0.3) is 0 Å². The fourth-order valence-corrected chi connectivity index (χ4v) is 8.15. The first kappa shape index (κ1) is 28.6. The van der Waals surface area contributed by atoms with E-state index in [-0.39, 0.29) is 5.41 Å². The maximum Gasteiger partial charge on any atom is 0.0694 e. The van der Waals surface area contributed by atoms with Gasteiger partial charge in [0.1, 0.15) is 0 Å². The minimum absolute atomic E-state index is 0.0737. The van der Waals surface area contributed by atoms with Crippen molar-refractivity contribution in [3.05, 3.63) is 173 Å². The Balaban J connectivity index is 1.15. The molecule has 4 aliphatic rings. The van der Waals surface area contributed by atoms with Crippen molar-refractivity contribution in [2.45, 2.75) is 38.5 Å². The molecule has 1 aromatic heterocycles. The summed E-state index contributed by atoms with van der Waals surface area (Å²) in [5.41, 5.74) is 21.4. The van der Waals surface area contributed by atoms with Crippen LogP contribution in [0.3, 0.4) is 0 Å². The highest BCUT2D eigenvalue weighted by molar-refractivity contribution is 5.98. The summed E-state index contributed by atoms with van der Waals surface area (Å²) in [6, 6.07) is 32.0. The number of hydrogen-bond acceptors (Lipinski definition) is 1. The van der Waals surface area contributed by atoms with Gasteiger partial charge < -0.3 is 9.47 Å². The molecule has 0 amide bonds. The molecule has 0 atom stereocenters. The van der Waals surface area contributed by atoms with Crippen LogP contribution in [-0.2, 0) is 11.8 Å². The maximum absolute atomic E-state index is 4.15. The standard InChI is InChI=1S/C46H38N2/c1-4-11-34(33-22-27-45-41(28-33)40-17-10-19-44(40)48(45)36-14-9-15-36)30-47(35-23-20-32(21-24-35)31-12-5-6-13-31)37-25-26-39-38-16-7-8-18-42(38)46(2,3)43(39)29-37/h4-5,7-13,16-18,20-29H,1,6,14,19,30H2,2-3H3/b34-11+. The van der Waals surface area contributed by atoms with Gasteiger partial charge in [-0.1, -0.05) is 111 Å². The molecule has 0 fully saturated rings. The normalized spacial score (nSPS) is 16.4. The van der Waals surface area contributed by atoms with E-state index in [9.17, 15) is 0 Å². The number of fused-ring (bicyclic) bond motifs is 6. The van der Waals surface area contributed by atoms with Crippen LogP contribution >= 0.6 is 0 Å². The second kappa shape index (κ2) is 11.0. The summed E-state index contributed by atoms with van der Waals surface area (Å²) >= 11 is 0. The molecule has 0 unspecified atom stereocenters. The average molecular weight is 619 g/mol. The van der Waals surface area contributed by atoms with E-state index >= 15 is 0 Å². The molecule has 4 aliphatic carbocycles. The topological polar surface area (TPSA) is 8.17 Å². The molecule has 4 aromatic carbocycles. The number of rotatable bonds is 8. The van der Waals surface area contributed by atoms with Gasteiger partial charge in [-0.2, -0.15) is 0 Å². The SMILES string of the molecule is C=C/C=C(\CN(c1ccc(C2=CCC=C2)cc1)c1ccc2c(c1)C(C)(C)c1ccccc1-2)c1ccc2c(c1)c1c(n2C2=C=CC2)CC=C1. The molecule has 0 spiro atoms. The highest BCUT2D eigenvalue weighted by atomic mass is 15.1. The van der Waals surface area contributed by atoms with Crippen LogP contribution in [0.25, 0.3) is 44.9 Å². The zero-order valence-corrected chi connectivity index (χ0v) is 27.6. The van der Waals surface area contributed by atoms with E-state index in [4.69, 9.17) is 0 Å². The van der Waals surface area contributed by atoms with E-state index in [1.807, 2.05) is 6.08 Å². The van der Waals surface area contributed by atoms with Crippen LogP contribution in [-0.4, -0.2) is 11.1 Å². The maximum atomic E-state index is 4.15. The summed E-state index contributed by atoms with van der Waals surface area (Å²) in [7, 11) is 0. The van der Waals surface area contributed by atoms with E-state index < -0.39 is 0 Å². The van der Waals surface area contributed by atoms with Gasteiger partial charge in [0.15, 0.2) is 0 Å². The molecule has 9 rings (SSSR count). The predicted octanol–water partition coefficient (Wildman–Crippen LogP) is 11.7. The van der Waals surface area contributed by atoms with Crippen LogP contribution in [0, 0.1) is 0 Å². The zero-order valence-electron chi connectivity index (χ0n) is 27.6. The zero-order chi connectivity index (χ0) is 32.4. The third-order valence-corrected chi connectivity index (χ3v) is 10.7. The minimum atomic E-state index is -0.0737. The van der Waals surface area contributed by atoms with Gasteiger partial charge in [0, 0.05) is 52.8 Å². The lowest BCUT2D eigenvalue weighted by Gasteiger charge is -2.29. The van der Waals surface area contributed by atoms with E-state index in [1.165, 1.54) is 83.8 Å². The quantitative estimate of drug-likeness (QED) is 0.124. The van der Waals surface area contributed by atoms with E-state index in [0.29, 0.717) is 6.54 Å². The van der Waals surface area contributed by atoms with Crippen molar-refractivity contribution < 1.29 is 0 Å². The van der Waals surface area contributed by atoms with Crippen molar-refractivity contribution in [2.24, 2.45) is 0 Å². The van der Waals surface area contributed by atoms with Gasteiger partial charge in [-0.3, -0.25) is 0 Å². The van der Waals surface area contributed by atoms with Crippen molar-refractivity contribution in [2.75, 3.05) is 11.4 Å². The fraction of sp³-hybridized carbons (Fsp3) is 0.152. The number of hydrogen-bond donors (Lipinski definition) is 0. The molecular weight excluding hydrogens is 581 g/mol. The van der Waals surface area contributed by atoms with Crippen molar-refractivity contribution in [1.82, 2.24) is 4.57 Å². The monoisotopic (exact) mass is 618 g/mol. The molecule has 0 N–H and O–H groups in total. The molecule has 0 saturated carbocycles. The van der Waals surface area contributed by atoms with Crippen LogP contribution < -0.4 is 4.90 Å². The van der Waals surface area contributed by atoms with Gasteiger partial charge in [0.05, 0.1) is 11.2 Å². The Hall–Kier alpha value is -5.56. The van der Waals surface area contributed by atoms with Crippen LogP contribution in [0.2, 0.25) is 0 Å². The smallest absolute Gasteiger partial charge is 0.0694 e. The summed E-state index contributed by atoms with van der Waals surface area (Å²) in [6.07, 6.45) is 20.5. The third-order valence-electron chi connectivity index (χ3n) is 10.7. The van der Waals surface area contributed by atoms with Gasteiger partial charge in [-0.25, -0.2) is 0 Å². The van der Waals surface area contributed by atoms with Crippen molar-refractivity contribution in [1.29, 1.82) is 0 Å². The van der Waals surface area contributed by atoms with Crippen molar-refractivity contribution in [3.63, 3.8) is 0 Å². The Bertz CT molecular complexity index is 2360. The molecule has 0 bridgehead atoms. The van der Waals surface area contributed by atoms with Gasteiger partial charge in [0.2, 0.25) is 0 Å². The lowest BCUT2D eigenvalue weighted by atomic mass is 9.82. The molecule has 2 nitrogen and oxygen atoms in total. The highest BCUT2D eigenvalue weighted by Gasteiger charge is 2.35. The number of nitrogens with zero attached hydrogens (tertiary/aromatic N) is 2. The molecule has 232 valence electrons. The Morgan fingerprint density at radius 2 is 1.69 bits per heavy atom. The van der Waals surface area contributed by atoms with Gasteiger partial charge in [-0.05, 0) is 93.4 Å². The first-order valence-electron chi connectivity index (χ1n) is 17.1. The second-order valence-corrected chi connectivity index (χ2v) is 13.8. The molecule has 0 saturated heterocycles. The molecular formula is C46H38N2. The van der Waals surface area contributed by atoms with E-state index in [2.05, 4.69) is 163 Å². The Kier molecular flexibility index (Phi) is 6.57. The minimum Gasteiger partial charge on any atom is -0.337 e. The Morgan fingerprint density at radius 1 is 0.875 bits per heavy atom. The van der Waals surface area contributed by atoms with Crippen LogP contribution in [0.5, 0.6) is 0 Å². The fourth-order valence-electron chi connectivity index (χ4n) is 8.15. The summed E-state index contributed by atoms with van der Waals surface area (Å²) < 4.78 is 2.43. The third kappa shape index (κ3) is 4.41. The van der Waals surface area contributed by atoms with E-state index in [1.54, 1.807) is 0 Å². The van der Waals surface area contributed by atoms with Crippen LogP contribution in [0.4, 0.5) is 11.4 Å². The molecule has 0 aliphatic heterocycles. The first-order valence-corrected chi connectivity index (χ1v) is 17.1. The lowest BCUT2D eigenvalue weighted by Crippen LogP contribution is -2.21. The molecule has 2 heteroatoms. The summed E-state index contributed by atoms with van der Waals surface area (Å²) in [5.74, 6) is 0. The largest absolute Gasteiger partial charge is 0.337 e. The highest BCUT2D eigenvalue weighted by Crippen LogP contribution is 2.50. The summed E-state index contributed by atoms with van der Waals surface area (Å²) in [6.45, 7) is 9.57. The summed E-state index contributed by atoms with van der Waals surface area (Å²) in [5, 5.41) is 1.30. The van der Waals surface area contributed by atoms with Gasteiger partial charge >= 0.3 is 0 Å². The number of anilines is 2. The molecule has 48 heavy (non-hydrogen) atoms. The Labute approximate surface area is 283 Å². The van der Waals surface area contributed by atoms with Crippen molar-refractivity contribution in [3.8, 4) is 11.1 Å². The predicted molar refractivity (Wildman–Crippen MR) is 204 cm³/mol. The average Bonchev–Trinajstić information content (AvgIpc) is 3.89. The van der Waals surface area contributed by atoms with Crippen LogP contribution in [0.1, 0.15) is 60.2 Å². The summed E-state index contributed by atoms with van der Waals surface area (Å²) in [4.78, 5) is 2.47. The first-order chi connectivity index (χ1) is 23.5. The van der Waals surface area contributed by atoms with Crippen LogP contribution in [0.15, 0.2) is 140 Å². The van der Waals surface area contributed by atoms with Gasteiger partial charge in [-0.15, -0.1) is 5.73 Å². The van der Waals surface area contributed by atoms with Crippen molar-refractivity contribution >= 4 is 45.2 Å². The number of allylic oxidation sites excluding steroid dienone is 8. The Morgan fingerprint density at radius 3 is 2.46 bits per heavy atom. The number of aromatic nitrogens is 1. The molecule has 5 aromatic rings. The molecule has 1 heterocycles. The molecule has 0 radical (unpaired) electrons. The second-order valence-electron chi connectivity index (χ2n) is 13.8. The number of benzene rings is 4. The lowest BCUT2D eigenvalue weighted by molar-refractivity contribution is 0.660.